The third-order valence-corrected chi connectivity index (χ3v) is 3.97. The van der Waals surface area contributed by atoms with E-state index in [9.17, 15) is 4.79 Å². The van der Waals surface area contributed by atoms with Crippen LogP contribution < -0.4 is 10.6 Å². The van der Waals surface area contributed by atoms with Crippen molar-refractivity contribution in [3.8, 4) is 0 Å². The predicted octanol–water partition coefficient (Wildman–Crippen LogP) is 2.77. The second-order valence-electron chi connectivity index (χ2n) is 5.49. The highest BCUT2D eigenvalue weighted by Gasteiger charge is 2.20. The molecule has 5 heteroatoms. The maximum atomic E-state index is 11.0. The van der Waals surface area contributed by atoms with Gasteiger partial charge in [0.25, 0.3) is 0 Å². The van der Waals surface area contributed by atoms with Crippen molar-refractivity contribution >= 4 is 17.5 Å². The van der Waals surface area contributed by atoms with Gasteiger partial charge in [-0.1, -0.05) is 19.8 Å². The Bertz CT molecular complexity index is 476. The van der Waals surface area contributed by atoms with Gasteiger partial charge in [-0.05, 0) is 37.3 Å². The van der Waals surface area contributed by atoms with E-state index < -0.39 is 5.97 Å². The summed E-state index contributed by atoms with van der Waals surface area (Å²) >= 11 is 0. The van der Waals surface area contributed by atoms with Gasteiger partial charge < -0.3 is 15.7 Å². The molecule has 3 N–H and O–H groups in total. The molecule has 0 radical (unpaired) electrons. The molecule has 0 bridgehead atoms. The summed E-state index contributed by atoms with van der Waals surface area (Å²) in [6.07, 6.45) is 5.98. The van der Waals surface area contributed by atoms with Crippen LogP contribution >= 0.6 is 0 Å². The second kappa shape index (κ2) is 6.59. The van der Waals surface area contributed by atoms with Crippen molar-refractivity contribution in [2.75, 3.05) is 23.7 Å². The Morgan fingerprint density at radius 2 is 2.25 bits per heavy atom. The Balaban J connectivity index is 2.14. The Labute approximate surface area is 119 Å². The van der Waals surface area contributed by atoms with Crippen molar-refractivity contribution in [1.82, 2.24) is 4.98 Å². The molecule has 1 atom stereocenters. The first-order chi connectivity index (χ1) is 9.61. The number of carboxylic acids is 1. The molecule has 20 heavy (non-hydrogen) atoms. The van der Waals surface area contributed by atoms with Crippen molar-refractivity contribution in [2.24, 2.45) is 5.92 Å². The Morgan fingerprint density at radius 1 is 1.45 bits per heavy atom. The van der Waals surface area contributed by atoms with E-state index >= 15 is 0 Å². The van der Waals surface area contributed by atoms with Crippen LogP contribution in [0, 0.1) is 5.92 Å². The van der Waals surface area contributed by atoms with Crippen molar-refractivity contribution in [3.05, 3.63) is 17.8 Å². The van der Waals surface area contributed by atoms with Crippen LogP contribution in [0.5, 0.6) is 0 Å². The molecule has 0 aromatic carbocycles. The molecule has 2 rings (SSSR count). The van der Waals surface area contributed by atoms with E-state index in [1.807, 2.05) is 0 Å². The molecule has 1 aromatic heterocycles. The van der Waals surface area contributed by atoms with Crippen molar-refractivity contribution in [3.63, 3.8) is 0 Å². The number of aromatic carboxylic acids is 1. The highest BCUT2D eigenvalue weighted by atomic mass is 16.4. The van der Waals surface area contributed by atoms with E-state index in [2.05, 4.69) is 16.8 Å². The number of hydrogen-bond acceptors (Lipinski definition) is 4. The summed E-state index contributed by atoms with van der Waals surface area (Å²) in [5, 5.41) is 9.04. The fourth-order valence-electron chi connectivity index (χ4n) is 2.91. The molecular formula is C15H23N3O2. The van der Waals surface area contributed by atoms with E-state index in [-0.39, 0.29) is 5.69 Å². The number of nitrogens with two attached hydrogens (primary N) is 1. The molecular weight excluding hydrogens is 254 g/mol. The summed E-state index contributed by atoms with van der Waals surface area (Å²) in [6.45, 7) is 4.03. The molecule has 1 aromatic rings. The largest absolute Gasteiger partial charge is 0.477 e. The molecule has 1 unspecified atom stereocenters. The molecule has 1 aliphatic heterocycles. The first-order valence-electron chi connectivity index (χ1n) is 7.36. The van der Waals surface area contributed by atoms with Gasteiger partial charge in [-0.2, -0.15) is 0 Å². The van der Waals surface area contributed by atoms with E-state index in [1.54, 1.807) is 6.07 Å². The van der Waals surface area contributed by atoms with Gasteiger partial charge in [0, 0.05) is 13.1 Å². The van der Waals surface area contributed by atoms with E-state index in [0.29, 0.717) is 11.5 Å². The zero-order valence-corrected chi connectivity index (χ0v) is 12.0. The zero-order valence-electron chi connectivity index (χ0n) is 12.0. The number of carbonyl (C=O) groups is 1. The molecule has 1 aliphatic rings. The smallest absolute Gasteiger partial charge is 0.354 e. The minimum Gasteiger partial charge on any atom is -0.477 e. The summed E-state index contributed by atoms with van der Waals surface area (Å²) in [4.78, 5) is 17.4. The van der Waals surface area contributed by atoms with Crippen LogP contribution in [0.1, 0.15) is 49.5 Å². The van der Waals surface area contributed by atoms with Crippen LogP contribution in [-0.4, -0.2) is 29.1 Å². The average molecular weight is 277 g/mol. The van der Waals surface area contributed by atoms with Gasteiger partial charge in [0.05, 0.1) is 5.69 Å². The Morgan fingerprint density at radius 3 is 2.95 bits per heavy atom. The minimum atomic E-state index is -1.01. The predicted molar refractivity (Wildman–Crippen MR) is 80.1 cm³/mol. The standard InChI is InChI=1S/C15H23N3O2/c1-2-4-11-5-3-9-18(10-8-11)14-12(16)6-7-13(17-14)15(19)20/h6-7,11H,2-5,8-10,16H2,1H3,(H,19,20). The van der Waals surface area contributed by atoms with Crippen LogP contribution in [0.25, 0.3) is 0 Å². The topological polar surface area (TPSA) is 79.5 Å². The minimum absolute atomic E-state index is 0.0588. The van der Waals surface area contributed by atoms with Gasteiger partial charge >= 0.3 is 5.97 Å². The molecule has 0 spiro atoms. The quantitative estimate of drug-likeness (QED) is 0.884. The SMILES string of the molecule is CCCC1CCCN(c2nc(C(=O)O)ccc2N)CC1. The maximum Gasteiger partial charge on any atom is 0.354 e. The fourth-order valence-corrected chi connectivity index (χ4v) is 2.91. The molecule has 0 aliphatic carbocycles. The molecule has 2 heterocycles. The lowest BCUT2D eigenvalue weighted by atomic mass is 9.96. The first kappa shape index (κ1) is 14.6. The average Bonchev–Trinajstić information content (AvgIpc) is 2.65. The number of anilines is 2. The lowest BCUT2D eigenvalue weighted by Gasteiger charge is -2.23. The fraction of sp³-hybridized carbons (Fsp3) is 0.600. The van der Waals surface area contributed by atoms with Gasteiger partial charge in [-0.25, -0.2) is 9.78 Å². The molecule has 1 saturated heterocycles. The normalized spacial score (nSPS) is 19.6. The van der Waals surface area contributed by atoms with Crippen LogP contribution in [0.3, 0.4) is 0 Å². The first-order valence-corrected chi connectivity index (χ1v) is 7.36. The Kier molecular flexibility index (Phi) is 4.82. The van der Waals surface area contributed by atoms with E-state index in [0.717, 1.165) is 31.8 Å². The number of rotatable bonds is 4. The van der Waals surface area contributed by atoms with E-state index in [1.165, 1.54) is 25.3 Å². The van der Waals surface area contributed by atoms with Crippen molar-refractivity contribution in [2.45, 2.75) is 39.0 Å². The third kappa shape index (κ3) is 3.40. The van der Waals surface area contributed by atoms with Crippen molar-refractivity contribution < 1.29 is 9.90 Å². The molecule has 5 nitrogen and oxygen atoms in total. The lowest BCUT2D eigenvalue weighted by Crippen LogP contribution is -2.27. The van der Waals surface area contributed by atoms with Crippen LogP contribution in [0.2, 0.25) is 0 Å². The molecule has 0 amide bonds. The number of carboxylic acid groups (broad SMARTS) is 1. The van der Waals surface area contributed by atoms with Gasteiger partial charge in [-0.3, -0.25) is 0 Å². The number of pyridine rings is 1. The summed E-state index contributed by atoms with van der Waals surface area (Å²) < 4.78 is 0. The highest BCUT2D eigenvalue weighted by molar-refractivity contribution is 5.87. The van der Waals surface area contributed by atoms with Gasteiger partial charge in [-0.15, -0.1) is 0 Å². The lowest BCUT2D eigenvalue weighted by molar-refractivity contribution is 0.0690. The number of aromatic nitrogens is 1. The molecule has 1 fully saturated rings. The number of hydrogen-bond donors (Lipinski definition) is 2. The van der Waals surface area contributed by atoms with Gasteiger partial charge in [0.1, 0.15) is 0 Å². The monoisotopic (exact) mass is 277 g/mol. The number of nitrogens with zero attached hydrogens (tertiary/aromatic N) is 2. The Hall–Kier alpha value is -1.78. The molecule has 0 saturated carbocycles. The van der Waals surface area contributed by atoms with Crippen LogP contribution in [-0.2, 0) is 0 Å². The zero-order chi connectivity index (χ0) is 14.5. The third-order valence-electron chi connectivity index (χ3n) is 3.97. The van der Waals surface area contributed by atoms with E-state index in [4.69, 9.17) is 10.8 Å². The second-order valence-corrected chi connectivity index (χ2v) is 5.49. The van der Waals surface area contributed by atoms with Gasteiger partial charge in [0.15, 0.2) is 11.5 Å². The summed E-state index contributed by atoms with van der Waals surface area (Å²) in [5.74, 6) is 0.390. The summed E-state index contributed by atoms with van der Waals surface area (Å²) in [6, 6.07) is 3.10. The molecule has 110 valence electrons. The van der Waals surface area contributed by atoms with Crippen molar-refractivity contribution in [1.29, 1.82) is 0 Å². The summed E-state index contributed by atoms with van der Waals surface area (Å²) in [5.41, 5.74) is 6.59. The number of nitrogen functional groups attached to an aromatic ring is 1. The summed E-state index contributed by atoms with van der Waals surface area (Å²) in [7, 11) is 0. The van der Waals surface area contributed by atoms with Crippen LogP contribution in [0.15, 0.2) is 12.1 Å². The van der Waals surface area contributed by atoms with Gasteiger partial charge in [0.2, 0.25) is 0 Å². The van der Waals surface area contributed by atoms with Crippen LogP contribution in [0.4, 0.5) is 11.5 Å². The highest BCUT2D eigenvalue weighted by Crippen LogP contribution is 2.27. The maximum absolute atomic E-state index is 11.0.